The molecule has 2 aromatic carbocycles. The van der Waals surface area contributed by atoms with Gasteiger partial charge in [-0.2, -0.15) is 4.99 Å². The van der Waals surface area contributed by atoms with Crippen molar-refractivity contribution < 1.29 is 9.59 Å². The van der Waals surface area contributed by atoms with Gasteiger partial charge in [0, 0.05) is 16.9 Å². The summed E-state index contributed by atoms with van der Waals surface area (Å²) in [5, 5.41) is 5.87. The van der Waals surface area contributed by atoms with E-state index in [4.69, 9.17) is 11.5 Å². The molecule has 8 nitrogen and oxygen atoms in total. The van der Waals surface area contributed by atoms with E-state index < -0.39 is 0 Å². The molecule has 0 fully saturated rings. The predicted octanol–water partition coefficient (Wildman–Crippen LogP) is 2.86. The van der Waals surface area contributed by atoms with Crippen molar-refractivity contribution in [3.05, 3.63) is 70.7 Å². The third-order valence-electron chi connectivity index (χ3n) is 3.63. The van der Waals surface area contributed by atoms with E-state index in [2.05, 4.69) is 20.6 Å². The molecule has 9 heteroatoms. The fourth-order valence-electron chi connectivity index (χ4n) is 2.40. The van der Waals surface area contributed by atoms with Gasteiger partial charge in [-0.3, -0.25) is 9.59 Å². The first-order chi connectivity index (χ1) is 13.4. The van der Waals surface area contributed by atoms with E-state index in [0.29, 0.717) is 32.6 Å². The Morgan fingerprint density at radius 2 is 1.64 bits per heavy atom. The molecule has 0 saturated heterocycles. The predicted molar refractivity (Wildman–Crippen MR) is 111 cm³/mol. The van der Waals surface area contributed by atoms with Gasteiger partial charge >= 0.3 is 0 Å². The summed E-state index contributed by atoms with van der Waals surface area (Å²) in [4.78, 5) is 33.4. The monoisotopic (exact) mass is 394 g/mol. The van der Waals surface area contributed by atoms with Gasteiger partial charge in [0.15, 0.2) is 5.96 Å². The molecular formula is C19H18N6O2S. The number of hydrogen-bond donors (Lipinski definition) is 4. The maximum absolute atomic E-state index is 12.6. The number of rotatable bonds is 5. The van der Waals surface area contributed by atoms with Gasteiger partial charge in [-0.1, -0.05) is 35.6 Å². The summed E-state index contributed by atoms with van der Waals surface area (Å²) in [6, 6.07) is 15.8. The van der Waals surface area contributed by atoms with E-state index in [-0.39, 0.29) is 17.8 Å². The summed E-state index contributed by atoms with van der Waals surface area (Å²) in [6.45, 7) is 1.70. The van der Waals surface area contributed by atoms with E-state index >= 15 is 0 Å². The number of benzene rings is 2. The van der Waals surface area contributed by atoms with Gasteiger partial charge in [-0.05, 0) is 37.3 Å². The molecule has 3 rings (SSSR count). The minimum Gasteiger partial charge on any atom is -0.370 e. The largest absolute Gasteiger partial charge is 0.370 e. The summed E-state index contributed by atoms with van der Waals surface area (Å²) in [5.74, 6) is -0.753. The van der Waals surface area contributed by atoms with Gasteiger partial charge in [-0.25, -0.2) is 4.98 Å². The van der Waals surface area contributed by atoms with E-state index in [9.17, 15) is 9.59 Å². The maximum atomic E-state index is 12.6. The molecule has 2 amide bonds. The van der Waals surface area contributed by atoms with E-state index in [0.717, 1.165) is 11.3 Å². The third kappa shape index (κ3) is 4.71. The molecule has 0 atom stereocenters. The topological polar surface area (TPSA) is 135 Å². The lowest BCUT2D eigenvalue weighted by Crippen LogP contribution is -2.21. The van der Waals surface area contributed by atoms with Gasteiger partial charge in [0.1, 0.15) is 4.88 Å². The molecule has 28 heavy (non-hydrogen) atoms. The number of carbonyl (C=O) groups is 2. The van der Waals surface area contributed by atoms with Crippen LogP contribution in [0.4, 0.5) is 16.5 Å². The van der Waals surface area contributed by atoms with Gasteiger partial charge < -0.3 is 22.1 Å². The molecule has 6 N–H and O–H groups in total. The summed E-state index contributed by atoms with van der Waals surface area (Å²) in [6.07, 6.45) is 0. The Labute approximate surface area is 165 Å². The van der Waals surface area contributed by atoms with Gasteiger partial charge in [0.05, 0.1) is 5.69 Å². The first-order valence-electron chi connectivity index (χ1n) is 8.27. The smallest absolute Gasteiger partial charge is 0.267 e. The van der Waals surface area contributed by atoms with Crippen LogP contribution in [0.2, 0.25) is 0 Å². The summed E-state index contributed by atoms with van der Waals surface area (Å²) >= 11 is 1.08. The van der Waals surface area contributed by atoms with Crippen LogP contribution in [0.3, 0.4) is 0 Å². The number of hydrogen-bond acceptors (Lipinski definition) is 5. The first kappa shape index (κ1) is 19.1. The first-order valence-corrected chi connectivity index (χ1v) is 9.09. The average Bonchev–Trinajstić information content (AvgIpc) is 3.02. The molecule has 0 aliphatic heterocycles. The second-order valence-electron chi connectivity index (χ2n) is 5.80. The Morgan fingerprint density at radius 3 is 2.36 bits per heavy atom. The molecule has 0 bridgehead atoms. The number of aromatic nitrogens is 1. The molecule has 0 unspecified atom stereocenters. The van der Waals surface area contributed by atoms with Crippen molar-refractivity contribution >= 4 is 45.6 Å². The van der Waals surface area contributed by atoms with Gasteiger partial charge in [0.25, 0.3) is 11.8 Å². The quantitative estimate of drug-likeness (QED) is 0.390. The number of thiazole rings is 1. The SMILES string of the molecule is Cc1nc(N=C(N)N)sc1C(=O)Nc1cccc(C(=O)Nc2ccccc2)c1. The standard InChI is InChI=1S/C19H18N6O2S/c1-11-15(28-19(22-11)25-18(20)21)17(27)24-14-9-5-6-12(10-14)16(26)23-13-7-3-2-4-8-13/h2-10H,1H3,(H,23,26)(H,24,27)(H4,20,21,22,25). The van der Waals surface area contributed by atoms with Crippen molar-refractivity contribution in [2.45, 2.75) is 6.92 Å². The minimum absolute atomic E-state index is 0.127. The number of anilines is 2. The molecule has 0 saturated carbocycles. The summed E-state index contributed by atoms with van der Waals surface area (Å²) in [5.41, 5.74) is 12.8. The van der Waals surface area contributed by atoms with Crippen LogP contribution >= 0.6 is 11.3 Å². The van der Waals surface area contributed by atoms with Crippen LogP contribution in [0.5, 0.6) is 0 Å². The van der Waals surface area contributed by atoms with Crippen molar-refractivity contribution in [2.75, 3.05) is 10.6 Å². The molecule has 0 spiro atoms. The van der Waals surface area contributed by atoms with E-state index in [1.54, 1.807) is 43.3 Å². The second-order valence-corrected chi connectivity index (χ2v) is 6.78. The highest BCUT2D eigenvalue weighted by Crippen LogP contribution is 2.26. The lowest BCUT2D eigenvalue weighted by atomic mass is 10.1. The maximum Gasteiger partial charge on any atom is 0.267 e. The highest BCUT2D eigenvalue weighted by Gasteiger charge is 2.16. The summed E-state index contributed by atoms with van der Waals surface area (Å²) in [7, 11) is 0. The van der Waals surface area contributed by atoms with Crippen molar-refractivity contribution in [3.8, 4) is 0 Å². The average molecular weight is 394 g/mol. The number of nitrogens with two attached hydrogens (primary N) is 2. The van der Waals surface area contributed by atoms with Gasteiger partial charge in [-0.15, -0.1) is 0 Å². The Balaban J connectivity index is 1.74. The fraction of sp³-hybridized carbons (Fsp3) is 0.0526. The van der Waals surface area contributed by atoms with Crippen LogP contribution in [0.1, 0.15) is 25.7 Å². The Morgan fingerprint density at radius 1 is 0.964 bits per heavy atom. The molecule has 3 aromatic rings. The molecular weight excluding hydrogens is 376 g/mol. The fourth-order valence-corrected chi connectivity index (χ4v) is 3.26. The number of guanidine groups is 1. The second kappa shape index (κ2) is 8.31. The van der Waals surface area contributed by atoms with Crippen molar-refractivity contribution in [1.29, 1.82) is 0 Å². The van der Waals surface area contributed by atoms with Crippen LogP contribution in [0.15, 0.2) is 59.6 Å². The third-order valence-corrected chi connectivity index (χ3v) is 4.68. The number of nitrogens with zero attached hydrogens (tertiary/aromatic N) is 2. The normalized spacial score (nSPS) is 10.2. The lowest BCUT2D eigenvalue weighted by Gasteiger charge is -2.08. The Kier molecular flexibility index (Phi) is 5.66. The zero-order valence-corrected chi connectivity index (χ0v) is 15.8. The zero-order chi connectivity index (χ0) is 20.1. The number of carbonyl (C=O) groups excluding carboxylic acids is 2. The van der Waals surface area contributed by atoms with Crippen LogP contribution in [-0.4, -0.2) is 22.8 Å². The molecule has 142 valence electrons. The van der Waals surface area contributed by atoms with Gasteiger partial charge in [0.2, 0.25) is 5.13 Å². The molecule has 0 aliphatic carbocycles. The Hall–Kier alpha value is -3.72. The van der Waals surface area contributed by atoms with Crippen LogP contribution in [0.25, 0.3) is 0 Å². The number of aliphatic imine (C=N–C) groups is 1. The van der Waals surface area contributed by atoms with Crippen LogP contribution in [0, 0.1) is 6.92 Å². The van der Waals surface area contributed by atoms with E-state index in [1.807, 2.05) is 18.2 Å². The van der Waals surface area contributed by atoms with Crippen LogP contribution in [-0.2, 0) is 0 Å². The molecule has 1 aromatic heterocycles. The number of para-hydroxylation sites is 1. The lowest BCUT2D eigenvalue weighted by molar-refractivity contribution is 0.101. The summed E-state index contributed by atoms with van der Waals surface area (Å²) < 4.78 is 0. The molecule has 0 radical (unpaired) electrons. The number of amides is 2. The highest BCUT2D eigenvalue weighted by molar-refractivity contribution is 7.17. The van der Waals surface area contributed by atoms with Crippen LogP contribution < -0.4 is 22.1 Å². The van der Waals surface area contributed by atoms with Crippen molar-refractivity contribution in [2.24, 2.45) is 16.5 Å². The number of nitrogens with one attached hydrogen (secondary N) is 2. The number of aryl methyl sites for hydroxylation is 1. The zero-order valence-electron chi connectivity index (χ0n) is 15.0. The highest BCUT2D eigenvalue weighted by atomic mass is 32.1. The minimum atomic E-state index is -0.354. The molecule has 0 aliphatic rings. The molecule has 1 heterocycles. The van der Waals surface area contributed by atoms with Crippen molar-refractivity contribution in [1.82, 2.24) is 4.98 Å². The van der Waals surface area contributed by atoms with Crippen molar-refractivity contribution in [3.63, 3.8) is 0 Å². The van der Waals surface area contributed by atoms with E-state index in [1.165, 1.54) is 0 Å². The Bertz CT molecular complexity index is 1040.